The van der Waals surface area contributed by atoms with Gasteiger partial charge in [0.1, 0.15) is 6.10 Å². The minimum absolute atomic E-state index is 0. The van der Waals surface area contributed by atoms with Crippen molar-refractivity contribution in [3.63, 3.8) is 0 Å². The molecule has 4 aliphatic rings. The molecule has 2 heterocycles. The molecule has 0 aromatic carbocycles. The van der Waals surface area contributed by atoms with Crippen LogP contribution in [0, 0.1) is 10.8 Å². The smallest absolute Gasteiger partial charge is 0.314 e. The molecule has 15 radical (unpaired) electrons. The van der Waals surface area contributed by atoms with Gasteiger partial charge in [-0.05, 0) is 39.5 Å². The van der Waals surface area contributed by atoms with Gasteiger partial charge in [0.2, 0.25) is 0 Å². The number of cyclic esters (lactones) is 1. The van der Waals surface area contributed by atoms with E-state index in [2.05, 4.69) is 0 Å². The predicted octanol–water partition coefficient (Wildman–Crippen LogP) is -0.316. The van der Waals surface area contributed by atoms with Crippen LogP contribution in [0.2, 0.25) is 0 Å². The van der Waals surface area contributed by atoms with Crippen molar-refractivity contribution in [3.05, 3.63) is 0 Å². The third kappa shape index (κ3) is 12.0. The van der Waals surface area contributed by atoms with Crippen molar-refractivity contribution in [3.8, 4) is 0 Å². The number of carbonyl (C=O) groups is 1. The molecule has 40 heavy (non-hydrogen) atoms. The molecule has 4 fully saturated rings. The first-order valence-corrected chi connectivity index (χ1v) is 14.4. The number of rotatable bonds is 2. The lowest BCUT2D eigenvalue weighted by Crippen LogP contribution is -2.47. The Morgan fingerprint density at radius 1 is 0.825 bits per heavy atom. The SMILES string of the molecule is C.CC.C[C@@H]1OC(=O)C2(CCCCC2)[C@@H]1N.C[C@@H]1OC(O)C2(CCCCC2)[C@@H]1N.[B]B([B])B([B])[B].[B][B]B([B])[B]. The Labute approximate surface area is 257 Å². The summed E-state index contributed by atoms with van der Waals surface area (Å²) in [5.74, 6) is -0.0489. The Morgan fingerprint density at radius 2 is 1.23 bits per heavy atom. The van der Waals surface area contributed by atoms with E-state index in [4.69, 9.17) is 75.1 Å². The van der Waals surface area contributed by atoms with Gasteiger partial charge in [-0.1, -0.05) is 59.8 Å². The van der Waals surface area contributed by atoms with Crippen molar-refractivity contribution in [2.75, 3.05) is 0 Å². The van der Waals surface area contributed by atoms with E-state index in [1.807, 2.05) is 27.7 Å². The Hall–Kier alpha value is 0.0243. The number of carbonyl (C=O) groups excluding carboxylic acids is 1. The quantitative estimate of drug-likeness (QED) is 0.332. The van der Waals surface area contributed by atoms with Crippen LogP contribution < -0.4 is 11.5 Å². The molecule has 4 rings (SSSR count). The zero-order valence-corrected chi connectivity index (χ0v) is 24.6. The summed E-state index contributed by atoms with van der Waals surface area (Å²) in [5.41, 5.74) is 11.7. The highest BCUT2D eigenvalue weighted by molar-refractivity contribution is 7.76. The van der Waals surface area contributed by atoms with Crippen molar-refractivity contribution in [1.82, 2.24) is 0 Å². The second-order valence-electron chi connectivity index (χ2n) is 10.8. The van der Waals surface area contributed by atoms with E-state index < -0.39 is 25.4 Å². The summed E-state index contributed by atoms with van der Waals surface area (Å²) >= 11 is 0. The van der Waals surface area contributed by atoms with Gasteiger partial charge < -0.3 is 26.0 Å². The molecule has 2 saturated carbocycles. The zero-order chi connectivity index (χ0) is 30.4. The molecule has 2 saturated heterocycles. The van der Waals surface area contributed by atoms with Gasteiger partial charge in [-0.2, -0.15) is 0 Å². The van der Waals surface area contributed by atoms with Crippen LogP contribution in [0.4, 0.5) is 0 Å². The number of hydrogen-bond acceptors (Lipinski definition) is 6. The maximum atomic E-state index is 11.7. The van der Waals surface area contributed by atoms with Crippen molar-refractivity contribution in [1.29, 1.82) is 0 Å². The lowest BCUT2D eigenvalue weighted by Gasteiger charge is -2.38. The molecule has 6 nitrogen and oxygen atoms in total. The van der Waals surface area contributed by atoms with E-state index >= 15 is 0 Å². The largest absolute Gasteiger partial charge is 0.461 e. The summed E-state index contributed by atoms with van der Waals surface area (Å²) < 4.78 is 10.6. The average molecular weight is 534 g/mol. The minimum atomic E-state index is -0.627. The predicted molar refractivity (Wildman–Crippen MR) is 180 cm³/mol. The van der Waals surface area contributed by atoms with Gasteiger partial charge in [0, 0.05) is 91.8 Å². The Balaban J connectivity index is 0. The highest BCUT2D eigenvalue weighted by Gasteiger charge is 2.54. The topological polar surface area (TPSA) is 108 Å². The third-order valence-corrected chi connectivity index (χ3v) is 8.05. The minimum Gasteiger partial charge on any atom is -0.461 e. The van der Waals surface area contributed by atoms with E-state index in [-0.39, 0.29) is 48.5 Å². The van der Waals surface area contributed by atoms with Crippen molar-refractivity contribution in [2.24, 2.45) is 22.3 Å². The van der Waals surface area contributed by atoms with Crippen LogP contribution in [0.5, 0.6) is 0 Å². The second-order valence-corrected chi connectivity index (χ2v) is 10.8. The highest BCUT2D eigenvalue weighted by Crippen LogP contribution is 2.47. The lowest BCUT2D eigenvalue weighted by atomic mass is 8.81. The molecule has 0 aromatic heterocycles. The van der Waals surface area contributed by atoms with Gasteiger partial charge >= 0.3 is 5.97 Å². The molecule has 2 aliphatic heterocycles. The normalized spacial score (nSPS) is 28.7. The van der Waals surface area contributed by atoms with Gasteiger partial charge in [-0.3, -0.25) is 4.79 Å². The summed E-state index contributed by atoms with van der Waals surface area (Å²) in [6, 6.07) is -0.0666. The molecule has 1 unspecified atom stereocenters. The number of nitrogens with two attached hydrogens (primary N) is 2. The standard InChI is InChI=1S/C10H19NO2.C10H17NO2.C2H6.CH4.B6.B5/c2*1-7-8(11)10(9(12)13-7)5-3-2-4-6-10;1-2;;1-5(2)6(3)4;1-4-5(2)3/h7-9,12H,2-6,11H2,1H3;7-8H,2-6,11H2,1H3;1-2H3;1H4;;/t7-,8+,9?;7-,8+;;;;/m00..../s1. The van der Waals surface area contributed by atoms with E-state index in [1.54, 1.807) is 0 Å². The van der Waals surface area contributed by atoms with E-state index in [9.17, 15) is 9.90 Å². The molecular weight excluding hydrogens is 487 g/mol. The lowest BCUT2D eigenvalue weighted by molar-refractivity contribution is -0.149. The first kappa shape index (κ1) is 42.2. The Bertz CT molecular complexity index is 665. The monoisotopic (exact) mass is 535 g/mol. The summed E-state index contributed by atoms with van der Waals surface area (Å²) in [6.45, 7) is 7.85. The van der Waals surface area contributed by atoms with Crippen LogP contribution in [0.3, 0.4) is 0 Å². The third-order valence-electron chi connectivity index (χ3n) is 8.05. The molecule has 2 spiro atoms. The van der Waals surface area contributed by atoms with Crippen LogP contribution in [0.15, 0.2) is 0 Å². The van der Waals surface area contributed by atoms with Gasteiger partial charge in [0.15, 0.2) is 6.29 Å². The van der Waals surface area contributed by atoms with Gasteiger partial charge in [-0.25, -0.2) is 0 Å². The fourth-order valence-corrected chi connectivity index (χ4v) is 5.51. The fraction of sp³-hybridized carbons (Fsp3) is 0.957. The Morgan fingerprint density at radius 3 is 1.50 bits per heavy atom. The van der Waals surface area contributed by atoms with Crippen molar-refractivity contribution >= 4 is 86.3 Å². The van der Waals surface area contributed by atoms with Crippen LogP contribution in [-0.2, 0) is 14.3 Å². The van der Waals surface area contributed by atoms with E-state index in [1.165, 1.54) is 32.7 Å². The first-order chi connectivity index (χ1) is 18.2. The fourth-order valence-electron chi connectivity index (χ4n) is 5.51. The average Bonchev–Trinajstić information content (AvgIpc) is 3.25. The number of esters is 1. The maximum Gasteiger partial charge on any atom is 0.314 e. The van der Waals surface area contributed by atoms with Crippen LogP contribution >= 0.6 is 0 Å². The summed E-state index contributed by atoms with van der Waals surface area (Å²) in [5, 5.41) is 9.84. The van der Waals surface area contributed by atoms with Crippen LogP contribution in [0.1, 0.15) is 99.3 Å². The highest BCUT2D eigenvalue weighted by atomic mass is 16.6. The molecule has 0 amide bonds. The molecule has 5 atom stereocenters. The molecule has 5 N–H and O–H groups in total. The summed E-state index contributed by atoms with van der Waals surface area (Å²) in [4.78, 5) is 11.7. The molecule has 17 heteroatoms. The van der Waals surface area contributed by atoms with Gasteiger partial charge in [0.25, 0.3) is 0 Å². The van der Waals surface area contributed by atoms with Gasteiger partial charge in [-0.15, -0.1) is 0 Å². The summed E-state index contributed by atoms with van der Waals surface area (Å²) in [6.07, 6.45) is 8.66. The molecular formula is C23H46B11N2O4. The van der Waals surface area contributed by atoms with Gasteiger partial charge in [0.05, 0.1) is 17.6 Å². The molecule has 0 aromatic rings. The van der Waals surface area contributed by atoms with E-state index in [0.717, 1.165) is 38.5 Å². The number of hydrogen-bond donors (Lipinski definition) is 3. The molecule has 0 bridgehead atoms. The van der Waals surface area contributed by atoms with Crippen LogP contribution in [0.25, 0.3) is 0 Å². The zero-order valence-electron chi connectivity index (χ0n) is 24.6. The van der Waals surface area contributed by atoms with Crippen molar-refractivity contribution in [2.45, 2.75) is 130 Å². The second kappa shape index (κ2) is 20.8. The first-order valence-electron chi connectivity index (χ1n) is 14.4. The number of aliphatic hydroxyl groups is 1. The van der Waals surface area contributed by atoms with Crippen LogP contribution in [-0.4, -0.2) is 122 Å². The number of ether oxygens (including phenoxy) is 2. The Kier molecular flexibility index (Phi) is 22.0. The van der Waals surface area contributed by atoms with E-state index in [0.29, 0.717) is 0 Å². The maximum absolute atomic E-state index is 11.7. The number of aliphatic hydroxyl groups excluding tert-OH is 1. The van der Waals surface area contributed by atoms with Crippen molar-refractivity contribution < 1.29 is 19.4 Å². The molecule has 2 aliphatic carbocycles. The molecule has 205 valence electrons. The summed E-state index contributed by atoms with van der Waals surface area (Å²) in [7, 11) is 35.6.